The topological polar surface area (TPSA) is 25.2 Å². The molecule has 0 saturated carbocycles. The van der Waals surface area contributed by atoms with Crippen LogP contribution in [0.4, 0.5) is 5.69 Å². The first-order valence-electron chi connectivity index (χ1n) is 7.81. The molecule has 0 fully saturated rings. The van der Waals surface area contributed by atoms with Crippen LogP contribution in [0.1, 0.15) is 22.8 Å². The maximum absolute atomic E-state index is 12.8. The van der Waals surface area contributed by atoms with Crippen LogP contribution in [0.15, 0.2) is 73.1 Å². The molecule has 0 N–H and O–H groups in total. The van der Waals surface area contributed by atoms with Crippen LogP contribution in [-0.2, 0) is 0 Å². The van der Waals surface area contributed by atoms with Crippen molar-refractivity contribution < 1.29 is 4.79 Å². The van der Waals surface area contributed by atoms with Gasteiger partial charge in [-0.2, -0.15) is 0 Å². The molecule has 1 heterocycles. The largest absolute Gasteiger partial charge is 0.324 e. The van der Waals surface area contributed by atoms with Crippen LogP contribution >= 0.6 is 0 Å². The summed E-state index contributed by atoms with van der Waals surface area (Å²) in [7, 11) is 0. The van der Waals surface area contributed by atoms with Crippen molar-refractivity contribution in [1.29, 1.82) is 0 Å². The number of anilines is 1. The van der Waals surface area contributed by atoms with Crippen molar-refractivity contribution >= 4 is 11.6 Å². The van der Waals surface area contributed by atoms with Gasteiger partial charge < -0.3 is 9.47 Å². The van der Waals surface area contributed by atoms with Gasteiger partial charge in [0.15, 0.2) is 0 Å². The number of hydrogen-bond acceptors (Lipinski definition) is 1. The van der Waals surface area contributed by atoms with E-state index in [0.717, 1.165) is 16.9 Å². The Morgan fingerprint density at radius 1 is 1.00 bits per heavy atom. The van der Waals surface area contributed by atoms with Crippen molar-refractivity contribution in [2.75, 3.05) is 11.4 Å². The van der Waals surface area contributed by atoms with Crippen LogP contribution in [-0.4, -0.2) is 17.0 Å². The lowest BCUT2D eigenvalue weighted by Crippen LogP contribution is -2.30. The fraction of sp³-hybridized carbons (Fsp3) is 0.150. The smallest absolute Gasteiger partial charge is 0.258 e. The van der Waals surface area contributed by atoms with E-state index in [1.807, 2.05) is 91.5 Å². The van der Waals surface area contributed by atoms with Crippen LogP contribution in [0, 0.1) is 6.92 Å². The highest BCUT2D eigenvalue weighted by molar-refractivity contribution is 6.06. The van der Waals surface area contributed by atoms with E-state index in [0.29, 0.717) is 12.1 Å². The maximum Gasteiger partial charge on any atom is 0.258 e. The molecule has 0 bridgehead atoms. The summed E-state index contributed by atoms with van der Waals surface area (Å²) in [5.74, 6) is 0.0251. The molecule has 3 heteroatoms. The van der Waals surface area contributed by atoms with Crippen LogP contribution in [0.2, 0.25) is 0 Å². The molecule has 3 aromatic rings. The summed E-state index contributed by atoms with van der Waals surface area (Å²) in [6, 6.07) is 19.7. The quantitative estimate of drug-likeness (QED) is 0.699. The standard InChI is InChI=1S/C20H20N2O/c1-3-22(19-8-6-7-16(2)15-19)20(23)17-9-11-18(12-10-17)21-13-4-5-14-21/h4-15H,3H2,1-2H3. The van der Waals surface area contributed by atoms with Crippen LogP contribution < -0.4 is 4.90 Å². The number of carbonyl (C=O) groups excluding carboxylic acids is 1. The highest BCUT2D eigenvalue weighted by Gasteiger charge is 2.16. The molecule has 1 amide bonds. The summed E-state index contributed by atoms with van der Waals surface area (Å²) in [6.45, 7) is 4.67. The van der Waals surface area contributed by atoms with Crippen LogP contribution in [0.25, 0.3) is 5.69 Å². The lowest BCUT2D eigenvalue weighted by molar-refractivity contribution is 0.0988. The zero-order valence-electron chi connectivity index (χ0n) is 13.4. The Hall–Kier alpha value is -2.81. The van der Waals surface area contributed by atoms with E-state index >= 15 is 0 Å². The lowest BCUT2D eigenvalue weighted by atomic mass is 10.1. The van der Waals surface area contributed by atoms with Gasteiger partial charge in [0.1, 0.15) is 0 Å². The van der Waals surface area contributed by atoms with E-state index in [9.17, 15) is 4.79 Å². The first-order chi connectivity index (χ1) is 11.2. The average molecular weight is 304 g/mol. The highest BCUT2D eigenvalue weighted by Crippen LogP contribution is 2.19. The van der Waals surface area contributed by atoms with Crippen molar-refractivity contribution in [3.05, 3.63) is 84.2 Å². The maximum atomic E-state index is 12.8. The third kappa shape index (κ3) is 3.19. The molecule has 3 nitrogen and oxygen atoms in total. The fourth-order valence-electron chi connectivity index (χ4n) is 2.68. The molecule has 0 unspecified atom stereocenters. The van der Waals surface area contributed by atoms with Gasteiger partial charge in [-0.15, -0.1) is 0 Å². The predicted molar refractivity (Wildman–Crippen MR) is 94.3 cm³/mol. The minimum absolute atomic E-state index is 0.0251. The van der Waals surface area contributed by atoms with Gasteiger partial charge in [0, 0.05) is 35.9 Å². The first kappa shape index (κ1) is 15.1. The molecule has 0 radical (unpaired) electrons. The molecular formula is C20H20N2O. The predicted octanol–water partition coefficient (Wildman–Crippen LogP) is 4.45. The molecule has 2 aromatic carbocycles. The van der Waals surface area contributed by atoms with Crippen molar-refractivity contribution in [1.82, 2.24) is 4.57 Å². The summed E-state index contributed by atoms with van der Waals surface area (Å²) in [4.78, 5) is 14.6. The molecular weight excluding hydrogens is 284 g/mol. The molecule has 0 spiro atoms. The molecule has 0 atom stereocenters. The molecule has 0 saturated heterocycles. The Morgan fingerprint density at radius 2 is 1.70 bits per heavy atom. The lowest BCUT2D eigenvalue weighted by Gasteiger charge is -2.21. The van der Waals surface area contributed by atoms with Crippen molar-refractivity contribution in [3.63, 3.8) is 0 Å². The summed E-state index contributed by atoms with van der Waals surface area (Å²) in [6.07, 6.45) is 3.98. The van der Waals surface area contributed by atoms with E-state index in [1.165, 1.54) is 0 Å². The summed E-state index contributed by atoms with van der Waals surface area (Å²) >= 11 is 0. The minimum Gasteiger partial charge on any atom is -0.324 e. The average Bonchev–Trinajstić information content (AvgIpc) is 3.10. The number of benzene rings is 2. The van der Waals surface area contributed by atoms with Gasteiger partial charge in [-0.1, -0.05) is 12.1 Å². The fourth-order valence-corrected chi connectivity index (χ4v) is 2.68. The third-order valence-corrected chi connectivity index (χ3v) is 3.89. The second kappa shape index (κ2) is 6.53. The first-order valence-corrected chi connectivity index (χ1v) is 7.81. The number of hydrogen-bond donors (Lipinski definition) is 0. The van der Waals surface area contributed by atoms with Gasteiger partial charge in [0.25, 0.3) is 5.91 Å². The summed E-state index contributed by atoms with van der Waals surface area (Å²) in [5, 5.41) is 0. The Kier molecular flexibility index (Phi) is 4.29. The van der Waals surface area contributed by atoms with Crippen molar-refractivity contribution in [3.8, 4) is 5.69 Å². The summed E-state index contributed by atoms with van der Waals surface area (Å²) < 4.78 is 2.02. The summed E-state index contributed by atoms with van der Waals surface area (Å²) in [5.41, 5.74) is 3.83. The number of rotatable bonds is 4. The van der Waals surface area contributed by atoms with Gasteiger partial charge in [-0.25, -0.2) is 0 Å². The molecule has 0 aliphatic rings. The van der Waals surface area contributed by atoms with Crippen molar-refractivity contribution in [2.24, 2.45) is 0 Å². The number of nitrogens with zero attached hydrogens (tertiary/aromatic N) is 2. The van der Waals surface area contributed by atoms with E-state index < -0.39 is 0 Å². The van der Waals surface area contributed by atoms with E-state index in [-0.39, 0.29) is 5.91 Å². The van der Waals surface area contributed by atoms with E-state index in [4.69, 9.17) is 0 Å². The molecule has 0 aliphatic heterocycles. The third-order valence-electron chi connectivity index (χ3n) is 3.89. The van der Waals surface area contributed by atoms with Crippen LogP contribution in [0.3, 0.4) is 0 Å². The zero-order valence-corrected chi connectivity index (χ0v) is 13.4. The number of amides is 1. The Bertz CT molecular complexity index is 789. The zero-order chi connectivity index (χ0) is 16.2. The Labute approximate surface area is 136 Å². The number of aryl methyl sites for hydroxylation is 1. The molecule has 1 aromatic heterocycles. The number of aromatic nitrogens is 1. The van der Waals surface area contributed by atoms with Crippen LogP contribution in [0.5, 0.6) is 0 Å². The molecule has 116 valence electrons. The molecule has 3 rings (SSSR count). The molecule has 0 aliphatic carbocycles. The van der Waals surface area contributed by atoms with Gasteiger partial charge >= 0.3 is 0 Å². The second-order valence-corrected chi connectivity index (χ2v) is 5.53. The van der Waals surface area contributed by atoms with Crippen molar-refractivity contribution in [2.45, 2.75) is 13.8 Å². The molecule has 23 heavy (non-hydrogen) atoms. The normalized spacial score (nSPS) is 10.5. The van der Waals surface area contributed by atoms with E-state index in [2.05, 4.69) is 0 Å². The van der Waals surface area contributed by atoms with Gasteiger partial charge in [0.05, 0.1) is 0 Å². The SMILES string of the molecule is CCN(C(=O)c1ccc(-n2cccc2)cc1)c1cccc(C)c1. The second-order valence-electron chi connectivity index (χ2n) is 5.53. The number of carbonyl (C=O) groups is 1. The highest BCUT2D eigenvalue weighted by atomic mass is 16.2. The Morgan fingerprint density at radius 3 is 2.30 bits per heavy atom. The Balaban J connectivity index is 1.86. The minimum atomic E-state index is 0.0251. The van der Waals surface area contributed by atoms with Gasteiger partial charge in [-0.3, -0.25) is 4.79 Å². The monoisotopic (exact) mass is 304 g/mol. The van der Waals surface area contributed by atoms with E-state index in [1.54, 1.807) is 4.90 Å². The van der Waals surface area contributed by atoms with Gasteiger partial charge in [-0.05, 0) is 67.9 Å². The van der Waals surface area contributed by atoms with Gasteiger partial charge in [0.2, 0.25) is 0 Å².